The number of benzene rings is 2. The van der Waals surface area contributed by atoms with Crippen LogP contribution in [0.1, 0.15) is 37.3 Å². The van der Waals surface area contributed by atoms with Crippen molar-refractivity contribution < 1.29 is 0 Å². The number of hydrogen-bond donors (Lipinski definition) is 1. The summed E-state index contributed by atoms with van der Waals surface area (Å²) in [6.07, 6.45) is 4.99. The molecule has 0 heterocycles. The molecule has 2 aromatic carbocycles. The van der Waals surface area contributed by atoms with Crippen LogP contribution in [0.2, 0.25) is 0 Å². The van der Waals surface area contributed by atoms with Crippen LogP contribution in [-0.2, 0) is 0 Å². The van der Waals surface area contributed by atoms with Gasteiger partial charge >= 0.3 is 0 Å². The Labute approximate surface area is 121 Å². The van der Waals surface area contributed by atoms with Crippen LogP contribution in [0.4, 0.5) is 0 Å². The molecule has 0 amide bonds. The van der Waals surface area contributed by atoms with Gasteiger partial charge in [-0.25, -0.2) is 0 Å². The van der Waals surface area contributed by atoms with Crippen LogP contribution in [0.3, 0.4) is 0 Å². The zero-order chi connectivity index (χ0) is 14.2. The first kappa shape index (κ1) is 13.6. The molecule has 0 aliphatic heterocycles. The van der Waals surface area contributed by atoms with Crippen LogP contribution in [-0.4, -0.2) is 24.5 Å². The predicted molar refractivity (Wildman–Crippen MR) is 85.8 cm³/mol. The van der Waals surface area contributed by atoms with Gasteiger partial charge in [-0.3, -0.25) is 0 Å². The molecule has 20 heavy (non-hydrogen) atoms. The summed E-state index contributed by atoms with van der Waals surface area (Å²) in [5.41, 5.74) is 8.08. The van der Waals surface area contributed by atoms with Crippen molar-refractivity contribution in [3.63, 3.8) is 0 Å². The number of likely N-dealkylation sites (N-methyl/N-ethyl adjacent to an activating group) is 1. The van der Waals surface area contributed by atoms with Crippen LogP contribution in [0.15, 0.2) is 42.5 Å². The standard InChI is InChI=1S/C18H24N2/c1-20(2)18(11-5-6-12-18)17(19)16-10-9-14-7-3-4-8-15(14)13-16/h3-4,7-10,13,17H,5-6,11-12,19H2,1-2H3. The summed E-state index contributed by atoms with van der Waals surface area (Å²) in [6, 6.07) is 15.3. The quantitative estimate of drug-likeness (QED) is 0.919. The molecule has 2 aromatic rings. The van der Waals surface area contributed by atoms with Gasteiger partial charge in [0, 0.05) is 11.6 Å². The number of nitrogens with two attached hydrogens (primary N) is 1. The van der Waals surface area contributed by atoms with E-state index in [4.69, 9.17) is 5.73 Å². The van der Waals surface area contributed by atoms with E-state index < -0.39 is 0 Å². The minimum atomic E-state index is 0.0876. The molecule has 2 nitrogen and oxygen atoms in total. The Kier molecular flexibility index (Phi) is 3.53. The molecular weight excluding hydrogens is 244 g/mol. The molecule has 1 fully saturated rings. The second-order valence-corrected chi connectivity index (χ2v) is 6.29. The third-order valence-corrected chi connectivity index (χ3v) is 5.07. The van der Waals surface area contributed by atoms with E-state index >= 15 is 0 Å². The van der Waals surface area contributed by atoms with Gasteiger partial charge in [-0.1, -0.05) is 49.2 Å². The summed E-state index contributed by atoms with van der Waals surface area (Å²) in [4.78, 5) is 2.35. The molecule has 2 N–H and O–H groups in total. The maximum absolute atomic E-state index is 6.69. The molecule has 1 saturated carbocycles. The summed E-state index contributed by atoms with van der Waals surface area (Å²) in [5.74, 6) is 0. The SMILES string of the molecule is CN(C)C1(C(N)c2ccc3ccccc3c2)CCCC1. The Hall–Kier alpha value is -1.38. The summed E-state index contributed by atoms with van der Waals surface area (Å²) in [6.45, 7) is 0. The van der Waals surface area contributed by atoms with Crippen molar-refractivity contribution in [2.24, 2.45) is 5.73 Å². The third kappa shape index (κ3) is 2.13. The highest BCUT2D eigenvalue weighted by Gasteiger charge is 2.42. The molecule has 0 radical (unpaired) electrons. The Balaban J connectivity index is 2.00. The molecule has 1 atom stereocenters. The lowest BCUT2D eigenvalue weighted by Gasteiger charge is -2.41. The van der Waals surface area contributed by atoms with E-state index in [2.05, 4.69) is 61.5 Å². The first-order valence-corrected chi connectivity index (χ1v) is 7.55. The maximum Gasteiger partial charge on any atom is 0.0482 e. The Bertz CT molecular complexity index is 597. The van der Waals surface area contributed by atoms with Gasteiger partial charge in [-0.05, 0) is 49.3 Å². The van der Waals surface area contributed by atoms with Crippen LogP contribution in [0.25, 0.3) is 10.8 Å². The summed E-state index contributed by atoms with van der Waals surface area (Å²) < 4.78 is 0. The molecule has 1 unspecified atom stereocenters. The molecule has 0 spiro atoms. The lowest BCUT2D eigenvalue weighted by molar-refractivity contribution is 0.123. The van der Waals surface area contributed by atoms with E-state index in [1.165, 1.54) is 42.0 Å². The number of nitrogens with zero attached hydrogens (tertiary/aromatic N) is 1. The van der Waals surface area contributed by atoms with Gasteiger partial charge in [0.15, 0.2) is 0 Å². The van der Waals surface area contributed by atoms with Gasteiger partial charge < -0.3 is 10.6 Å². The van der Waals surface area contributed by atoms with Crippen molar-refractivity contribution in [3.05, 3.63) is 48.0 Å². The van der Waals surface area contributed by atoms with Crippen molar-refractivity contribution in [3.8, 4) is 0 Å². The monoisotopic (exact) mass is 268 g/mol. The van der Waals surface area contributed by atoms with E-state index in [1.807, 2.05) is 0 Å². The van der Waals surface area contributed by atoms with Gasteiger partial charge in [0.05, 0.1) is 0 Å². The predicted octanol–water partition coefficient (Wildman–Crippen LogP) is 3.71. The molecule has 0 bridgehead atoms. The van der Waals surface area contributed by atoms with Crippen LogP contribution in [0.5, 0.6) is 0 Å². The second-order valence-electron chi connectivity index (χ2n) is 6.29. The van der Waals surface area contributed by atoms with E-state index in [-0.39, 0.29) is 11.6 Å². The average molecular weight is 268 g/mol. The Morgan fingerprint density at radius 3 is 2.30 bits per heavy atom. The zero-order valence-corrected chi connectivity index (χ0v) is 12.5. The first-order valence-electron chi connectivity index (χ1n) is 7.55. The topological polar surface area (TPSA) is 29.3 Å². The number of hydrogen-bond acceptors (Lipinski definition) is 2. The lowest BCUT2D eigenvalue weighted by atomic mass is 9.82. The summed E-state index contributed by atoms with van der Waals surface area (Å²) in [5, 5.41) is 2.57. The fourth-order valence-corrected chi connectivity index (χ4v) is 3.74. The first-order chi connectivity index (χ1) is 9.63. The lowest BCUT2D eigenvalue weighted by Crippen LogP contribution is -2.50. The molecule has 2 heteroatoms. The number of fused-ring (bicyclic) bond motifs is 1. The van der Waals surface area contributed by atoms with Crippen molar-refractivity contribution in [1.29, 1.82) is 0 Å². The van der Waals surface area contributed by atoms with E-state index in [0.717, 1.165) is 0 Å². The maximum atomic E-state index is 6.69. The van der Waals surface area contributed by atoms with Gasteiger partial charge in [-0.15, -0.1) is 0 Å². The van der Waals surface area contributed by atoms with Crippen LogP contribution >= 0.6 is 0 Å². The van der Waals surface area contributed by atoms with Gasteiger partial charge in [0.2, 0.25) is 0 Å². The van der Waals surface area contributed by atoms with Crippen molar-refractivity contribution >= 4 is 10.8 Å². The van der Waals surface area contributed by atoms with Gasteiger partial charge in [0.25, 0.3) is 0 Å². The highest BCUT2D eigenvalue weighted by atomic mass is 15.2. The molecule has 106 valence electrons. The zero-order valence-electron chi connectivity index (χ0n) is 12.5. The van der Waals surface area contributed by atoms with Crippen LogP contribution in [0, 0.1) is 0 Å². The Morgan fingerprint density at radius 2 is 1.65 bits per heavy atom. The van der Waals surface area contributed by atoms with Crippen molar-refractivity contribution in [1.82, 2.24) is 4.90 Å². The summed E-state index contributed by atoms with van der Waals surface area (Å²) in [7, 11) is 4.35. The van der Waals surface area contributed by atoms with Crippen molar-refractivity contribution in [2.75, 3.05) is 14.1 Å². The molecule has 1 aliphatic carbocycles. The second kappa shape index (κ2) is 5.19. The molecule has 0 aromatic heterocycles. The Morgan fingerprint density at radius 1 is 1.00 bits per heavy atom. The molecule has 1 aliphatic rings. The fraction of sp³-hybridized carbons (Fsp3) is 0.444. The largest absolute Gasteiger partial charge is 0.322 e. The highest BCUT2D eigenvalue weighted by Crippen LogP contribution is 2.42. The van der Waals surface area contributed by atoms with Crippen LogP contribution < -0.4 is 5.73 Å². The van der Waals surface area contributed by atoms with Gasteiger partial charge in [0.1, 0.15) is 0 Å². The minimum absolute atomic E-state index is 0.0876. The van der Waals surface area contributed by atoms with E-state index in [1.54, 1.807) is 0 Å². The normalized spacial score (nSPS) is 19.6. The fourth-order valence-electron chi connectivity index (χ4n) is 3.74. The summed E-state index contributed by atoms with van der Waals surface area (Å²) >= 11 is 0. The molecule has 0 saturated heterocycles. The minimum Gasteiger partial charge on any atom is -0.322 e. The van der Waals surface area contributed by atoms with E-state index in [0.29, 0.717) is 0 Å². The molecular formula is C18H24N2. The van der Waals surface area contributed by atoms with Gasteiger partial charge in [-0.2, -0.15) is 0 Å². The average Bonchev–Trinajstić information content (AvgIpc) is 2.97. The highest BCUT2D eigenvalue weighted by molar-refractivity contribution is 5.83. The smallest absolute Gasteiger partial charge is 0.0482 e. The van der Waals surface area contributed by atoms with Crippen molar-refractivity contribution in [2.45, 2.75) is 37.3 Å². The van der Waals surface area contributed by atoms with E-state index in [9.17, 15) is 0 Å². The third-order valence-electron chi connectivity index (χ3n) is 5.07. The number of rotatable bonds is 3. The molecule has 3 rings (SSSR count).